The summed E-state index contributed by atoms with van der Waals surface area (Å²) in [5, 5.41) is 0. The summed E-state index contributed by atoms with van der Waals surface area (Å²) in [6.45, 7) is 1.93. The maximum absolute atomic E-state index is 11.7. The van der Waals surface area contributed by atoms with E-state index in [9.17, 15) is 13.2 Å². The van der Waals surface area contributed by atoms with Gasteiger partial charge in [0.2, 0.25) is 0 Å². The van der Waals surface area contributed by atoms with Gasteiger partial charge in [-0.25, -0.2) is 0 Å². The molecule has 1 aliphatic rings. The molecule has 2 atom stereocenters. The van der Waals surface area contributed by atoms with E-state index < -0.39 is 18.9 Å². The van der Waals surface area contributed by atoms with Crippen LogP contribution in [0.1, 0.15) is 13.3 Å². The standard InChI is InChI=1S/C6H9F3O2/c1-4-3-10-5(11-4)2-6(7,8)9/h4-5H,2-3H2,1H3. The van der Waals surface area contributed by atoms with E-state index in [-0.39, 0.29) is 12.7 Å². The molecule has 0 saturated carbocycles. The van der Waals surface area contributed by atoms with Crippen molar-refractivity contribution in [2.45, 2.75) is 31.9 Å². The molecular weight excluding hydrogens is 161 g/mol. The van der Waals surface area contributed by atoms with Crippen molar-refractivity contribution in [3.63, 3.8) is 0 Å². The molecule has 66 valence electrons. The summed E-state index contributed by atoms with van der Waals surface area (Å²) in [4.78, 5) is 0. The second-order valence-electron chi connectivity index (χ2n) is 2.53. The Balaban J connectivity index is 2.29. The van der Waals surface area contributed by atoms with Gasteiger partial charge in [0.15, 0.2) is 6.29 Å². The van der Waals surface area contributed by atoms with Gasteiger partial charge in [0.25, 0.3) is 0 Å². The van der Waals surface area contributed by atoms with Gasteiger partial charge in [-0.2, -0.15) is 13.2 Å². The summed E-state index contributed by atoms with van der Waals surface area (Å²) in [7, 11) is 0. The van der Waals surface area contributed by atoms with Crippen LogP contribution in [0.4, 0.5) is 13.2 Å². The second kappa shape index (κ2) is 2.98. The van der Waals surface area contributed by atoms with Crippen LogP contribution in [-0.2, 0) is 9.47 Å². The van der Waals surface area contributed by atoms with Crippen molar-refractivity contribution in [1.29, 1.82) is 0 Å². The first-order valence-electron chi connectivity index (χ1n) is 3.31. The SMILES string of the molecule is CC1COC(CC(F)(F)F)O1. The highest BCUT2D eigenvalue weighted by Gasteiger charge is 2.36. The highest BCUT2D eigenvalue weighted by Crippen LogP contribution is 2.26. The van der Waals surface area contributed by atoms with Crippen LogP contribution in [0.15, 0.2) is 0 Å². The Bertz CT molecular complexity index is 134. The molecular formula is C6H9F3O2. The predicted octanol–water partition coefficient (Wildman–Crippen LogP) is 1.70. The molecule has 1 saturated heterocycles. The lowest BCUT2D eigenvalue weighted by atomic mass is 10.4. The molecule has 0 aliphatic carbocycles. The molecule has 2 unspecified atom stereocenters. The van der Waals surface area contributed by atoms with Crippen molar-refractivity contribution in [3.8, 4) is 0 Å². The average Bonchev–Trinajstić information content (AvgIpc) is 2.10. The summed E-state index contributed by atoms with van der Waals surface area (Å²) < 4.78 is 44.5. The number of hydrogen-bond donors (Lipinski definition) is 0. The van der Waals surface area contributed by atoms with E-state index in [0.717, 1.165) is 0 Å². The van der Waals surface area contributed by atoms with E-state index in [4.69, 9.17) is 9.47 Å². The zero-order valence-corrected chi connectivity index (χ0v) is 6.02. The minimum absolute atomic E-state index is 0.220. The lowest BCUT2D eigenvalue weighted by Crippen LogP contribution is -2.20. The van der Waals surface area contributed by atoms with E-state index in [2.05, 4.69) is 0 Å². The minimum Gasteiger partial charge on any atom is -0.350 e. The van der Waals surface area contributed by atoms with Crippen LogP contribution in [0.2, 0.25) is 0 Å². The molecule has 11 heavy (non-hydrogen) atoms. The minimum atomic E-state index is -4.20. The number of ether oxygens (including phenoxy) is 2. The largest absolute Gasteiger partial charge is 0.393 e. The normalized spacial score (nSPS) is 32.7. The second-order valence-corrected chi connectivity index (χ2v) is 2.53. The fourth-order valence-electron chi connectivity index (χ4n) is 0.877. The Morgan fingerprint density at radius 3 is 2.45 bits per heavy atom. The van der Waals surface area contributed by atoms with Crippen molar-refractivity contribution in [3.05, 3.63) is 0 Å². The molecule has 0 aromatic carbocycles. The molecule has 0 aromatic rings. The summed E-state index contributed by atoms with van der Waals surface area (Å²) in [6, 6.07) is 0. The summed E-state index contributed by atoms with van der Waals surface area (Å²) in [5.41, 5.74) is 0. The van der Waals surface area contributed by atoms with E-state index >= 15 is 0 Å². The quantitative estimate of drug-likeness (QED) is 0.596. The lowest BCUT2D eigenvalue weighted by molar-refractivity contribution is -0.190. The van der Waals surface area contributed by atoms with Crippen molar-refractivity contribution in [1.82, 2.24) is 0 Å². The van der Waals surface area contributed by atoms with Crippen LogP contribution in [0.25, 0.3) is 0 Å². The van der Waals surface area contributed by atoms with Gasteiger partial charge >= 0.3 is 6.18 Å². The van der Waals surface area contributed by atoms with E-state index in [1.165, 1.54) is 0 Å². The maximum atomic E-state index is 11.7. The molecule has 0 spiro atoms. The van der Waals surface area contributed by atoms with Crippen LogP contribution in [-0.4, -0.2) is 25.2 Å². The summed E-state index contributed by atoms with van der Waals surface area (Å²) in [6.07, 6.45) is -6.53. The van der Waals surface area contributed by atoms with Gasteiger partial charge in [-0.15, -0.1) is 0 Å². The fourth-order valence-corrected chi connectivity index (χ4v) is 0.877. The number of halogens is 3. The third-order valence-electron chi connectivity index (χ3n) is 1.30. The van der Waals surface area contributed by atoms with Gasteiger partial charge in [-0.1, -0.05) is 0 Å². The number of hydrogen-bond acceptors (Lipinski definition) is 2. The summed E-state index contributed by atoms with van der Waals surface area (Å²) >= 11 is 0. The molecule has 5 heteroatoms. The van der Waals surface area contributed by atoms with Crippen molar-refractivity contribution in [2.24, 2.45) is 0 Å². The Hall–Kier alpha value is -0.290. The summed E-state index contributed by atoms with van der Waals surface area (Å²) in [5.74, 6) is 0. The van der Waals surface area contributed by atoms with Crippen LogP contribution >= 0.6 is 0 Å². The average molecular weight is 170 g/mol. The van der Waals surface area contributed by atoms with Gasteiger partial charge in [-0.05, 0) is 6.92 Å². The number of rotatable bonds is 1. The lowest BCUT2D eigenvalue weighted by Gasteiger charge is -2.11. The first kappa shape index (κ1) is 8.80. The molecule has 1 heterocycles. The molecule has 1 rings (SSSR count). The highest BCUT2D eigenvalue weighted by atomic mass is 19.4. The first-order valence-corrected chi connectivity index (χ1v) is 3.31. The van der Waals surface area contributed by atoms with E-state index in [1.54, 1.807) is 6.92 Å². The third kappa shape index (κ3) is 3.07. The van der Waals surface area contributed by atoms with Gasteiger partial charge in [0.1, 0.15) is 0 Å². The molecule has 2 nitrogen and oxygen atoms in total. The Labute approximate surface area is 62.3 Å². The van der Waals surface area contributed by atoms with Crippen molar-refractivity contribution < 1.29 is 22.6 Å². The molecule has 1 aliphatic heterocycles. The van der Waals surface area contributed by atoms with Crippen LogP contribution in [0.3, 0.4) is 0 Å². The van der Waals surface area contributed by atoms with E-state index in [0.29, 0.717) is 0 Å². The molecule has 0 N–H and O–H groups in total. The molecule has 1 fully saturated rings. The fraction of sp³-hybridized carbons (Fsp3) is 1.00. The highest BCUT2D eigenvalue weighted by molar-refractivity contribution is 4.63. The Morgan fingerprint density at radius 1 is 1.45 bits per heavy atom. The Kier molecular flexibility index (Phi) is 2.39. The first-order chi connectivity index (χ1) is 4.97. The van der Waals surface area contributed by atoms with Gasteiger partial charge < -0.3 is 9.47 Å². The monoisotopic (exact) mass is 170 g/mol. The van der Waals surface area contributed by atoms with Gasteiger partial charge in [0, 0.05) is 0 Å². The molecule has 0 radical (unpaired) electrons. The molecule has 0 bridgehead atoms. The van der Waals surface area contributed by atoms with Gasteiger partial charge in [0.05, 0.1) is 19.1 Å². The van der Waals surface area contributed by atoms with Crippen molar-refractivity contribution >= 4 is 0 Å². The zero-order chi connectivity index (χ0) is 8.48. The smallest absolute Gasteiger partial charge is 0.350 e. The van der Waals surface area contributed by atoms with Crippen LogP contribution in [0, 0.1) is 0 Å². The van der Waals surface area contributed by atoms with E-state index in [1.807, 2.05) is 0 Å². The third-order valence-corrected chi connectivity index (χ3v) is 1.30. The number of alkyl halides is 3. The molecule has 0 aromatic heterocycles. The van der Waals surface area contributed by atoms with Gasteiger partial charge in [-0.3, -0.25) is 0 Å². The van der Waals surface area contributed by atoms with Crippen LogP contribution in [0.5, 0.6) is 0 Å². The predicted molar refractivity (Wildman–Crippen MR) is 31.0 cm³/mol. The maximum Gasteiger partial charge on any atom is 0.393 e. The zero-order valence-electron chi connectivity index (χ0n) is 6.02. The molecule has 0 amide bonds. The van der Waals surface area contributed by atoms with Crippen LogP contribution < -0.4 is 0 Å². The Morgan fingerprint density at radius 2 is 2.09 bits per heavy atom. The topological polar surface area (TPSA) is 18.5 Å². The van der Waals surface area contributed by atoms with Crippen molar-refractivity contribution in [2.75, 3.05) is 6.61 Å².